The van der Waals surface area contributed by atoms with Crippen molar-refractivity contribution in [1.29, 1.82) is 0 Å². The van der Waals surface area contributed by atoms with E-state index >= 15 is 0 Å². The maximum absolute atomic E-state index is 11.3. The standard InChI is InChI=1S/C17H17NO4/c1-20-15-9-4-12(10-16(15)21-2)11-18-14-7-5-13(6-8-14)17(19)22-3/h4-11H,1-3H3. The summed E-state index contributed by atoms with van der Waals surface area (Å²) in [5, 5.41) is 0. The summed E-state index contributed by atoms with van der Waals surface area (Å²) < 4.78 is 15.1. The normalized spacial score (nSPS) is 10.5. The molecule has 0 bridgehead atoms. The van der Waals surface area contributed by atoms with Gasteiger partial charge in [0.25, 0.3) is 0 Å². The topological polar surface area (TPSA) is 57.1 Å². The number of hydrogen-bond donors (Lipinski definition) is 0. The average Bonchev–Trinajstić information content (AvgIpc) is 2.59. The molecule has 0 atom stereocenters. The minimum Gasteiger partial charge on any atom is -0.493 e. The van der Waals surface area contributed by atoms with E-state index in [1.165, 1.54) is 7.11 Å². The van der Waals surface area contributed by atoms with Crippen LogP contribution < -0.4 is 9.47 Å². The highest BCUT2D eigenvalue weighted by molar-refractivity contribution is 5.90. The molecule has 0 spiro atoms. The van der Waals surface area contributed by atoms with Gasteiger partial charge in [0.05, 0.1) is 32.6 Å². The first-order valence-corrected chi connectivity index (χ1v) is 6.62. The predicted octanol–water partition coefficient (Wildman–Crippen LogP) is 3.24. The van der Waals surface area contributed by atoms with Gasteiger partial charge in [-0.1, -0.05) is 0 Å². The number of benzene rings is 2. The van der Waals surface area contributed by atoms with Gasteiger partial charge in [-0.25, -0.2) is 4.79 Å². The minimum absolute atomic E-state index is 0.365. The molecular weight excluding hydrogens is 282 g/mol. The van der Waals surface area contributed by atoms with Gasteiger partial charge in [-0.05, 0) is 48.0 Å². The summed E-state index contributed by atoms with van der Waals surface area (Å²) in [6.45, 7) is 0. The van der Waals surface area contributed by atoms with Crippen LogP contribution in [-0.4, -0.2) is 33.5 Å². The summed E-state index contributed by atoms with van der Waals surface area (Å²) >= 11 is 0. The van der Waals surface area contributed by atoms with Crippen molar-refractivity contribution in [2.75, 3.05) is 21.3 Å². The van der Waals surface area contributed by atoms with E-state index in [4.69, 9.17) is 9.47 Å². The SMILES string of the molecule is COC(=O)c1ccc(N=Cc2ccc(OC)c(OC)c2)cc1. The average molecular weight is 299 g/mol. The monoisotopic (exact) mass is 299 g/mol. The predicted molar refractivity (Wildman–Crippen MR) is 84.6 cm³/mol. The number of nitrogens with zero attached hydrogens (tertiary/aromatic N) is 1. The molecule has 0 radical (unpaired) electrons. The van der Waals surface area contributed by atoms with Gasteiger partial charge in [-0.2, -0.15) is 0 Å². The second kappa shape index (κ2) is 7.26. The van der Waals surface area contributed by atoms with Crippen molar-refractivity contribution < 1.29 is 19.0 Å². The van der Waals surface area contributed by atoms with Crippen molar-refractivity contribution >= 4 is 17.9 Å². The van der Waals surface area contributed by atoms with Gasteiger partial charge in [0.2, 0.25) is 0 Å². The van der Waals surface area contributed by atoms with E-state index < -0.39 is 0 Å². The van der Waals surface area contributed by atoms with Crippen LogP contribution in [0, 0.1) is 0 Å². The molecule has 0 aliphatic carbocycles. The van der Waals surface area contributed by atoms with E-state index in [0.717, 1.165) is 11.3 Å². The first kappa shape index (κ1) is 15.6. The van der Waals surface area contributed by atoms with E-state index in [-0.39, 0.29) is 5.97 Å². The third-order valence-electron chi connectivity index (χ3n) is 3.06. The van der Waals surface area contributed by atoms with Crippen molar-refractivity contribution in [1.82, 2.24) is 0 Å². The number of aliphatic imine (C=N–C) groups is 1. The smallest absolute Gasteiger partial charge is 0.337 e. The zero-order valence-corrected chi connectivity index (χ0v) is 12.7. The fraction of sp³-hybridized carbons (Fsp3) is 0.176. The molecule has 0 heterocycles. The lowest BCUT2D eigenvalue weighted by molar-refractivity contribution is 0.0601. The highest BCUT2D eigenvalue weighted by Gasteiger charge is 2.04. The van der Waals surface area contributed by atoms with Gasteiger partial charge in [0.1, 0.15) is 0 Å². The summed E-state index contributed by atoms with van der Waals surface area (Å²) in [6.07, 6.45) is 1.72. The number of methoxy groups -OCH3 is 3. The lowest BCUT2D eigenvalue weighted by Gasteiger charge is -2.07. The molecule has 5 nitrogen and oxygen atoms in total. The van der Waals surface area contributed by atoms with Crippen LogP contribution in [0.3, 0.4) is 0 Å². The summed E-state index contributed by atoms with van der Waals surface area (Å²) in [7, 11) is 4.53. The van der Waals surface area contributed by atoms with Crippen LogP contribution in [0.15, 0.2) is 47.5 Å². The number of hydrogen-bond acceptors (Lipinski definition) is 5. The highest BCUT2D eigenvalue weighted by atomic mass is 16.5. The Hall–Kier alpha value is -2.82. The Balaban J connectivity index is 2.16. The molecule has 0 amide bonds. The third-order valence-corrected chi connectivity index (χ3v) is 3.06. The maximum atomic E-state index is 11.3. The number of ether oxygens (including phenoxy) is 3. The van der Waals surface area contributed by atoms with Crippen LogP contribution in [0.1, 0.15) is 15.9 Å². The van der Waals surface area contributed by atoms with Crippen LogP contribution in [0.2, 0.25) is 0 Å². The Morgan fingerprint density at radius 1 is 0.955 bits per heavy atom. The van der Waals surface area contributed by atoms with Gasteiger partial charge < -0.3 is 14.2 Å². The third kappa shape index (κ3) is 3.63. The zero-order valence-electron chi connectivity index (χ0n) is 12.7. The van der Waals surface area contributed by atoms with E-state index in [1.807, 2.05) is 18.2 Å². The van der Waals surface area contributed by atoms with Gasteiger partial charge in [-0.15, -0.1) is 0 Å². The fourth-order valence-corrected chi connectivity index (χ4v) is 1.88. The van der Waals surface area contributed by atoms with Crippen LogP contribution in [0.5, 0.6) is 11.5 Å². The Labute approximate surface area is 129 Å². The Bertz CT molecular complexity index is 678. The second-order valence-electron chi connectivity index (χ2n) is 4.41. The van der Waals surface area contributed by atoms with Gasteiger partial charge in [-0.3, -0.25) is 4.99 Å². The molecule has 2 aromatic rings. The number of rotatable bonds is 5. The van der Waals surface area contributed by atoms with Crippen molar-refractivity contribution in [3.05, 3.63) is 53.6 Å². The summed E-state index contributed by atoms with van der Waals surface area (Å²) in [6, 6.07) is 12.4. The molecule has 0 aromatic heterocycles. The second-order valence-corrected chi connectivity index (χ2v) is 4.41. The van der Waals surface area contributed by atoms with E-state index in [0.29, 0.717) is 17.1 Å². The molecule has 0 saturated heterocycles. The molecular formula is C17H17NO4. The maximum Gasteiger partial charge on any atom is 0.337 e. The Morgan fingerprint density at radius 3 is 2.23 bits per heavy atom. The number of carbonyl (C=O) groups is 1. The van der Waals surface area contributed by atoms with Gasteiger partial charge in [0.15, 0.2) is 11.5 Å². The lowest BCUT2D eigenvalue weighted by atomic mass is 10.2. The molecule has 0 unspecified atom stereocenters. The molecule has 0 fully saturated rings. The van der Waals surface area contributed by atoms with Crippen LogP contribution >= 0.6 is 0 Å². The molecule has 2 rings (SSSR count). The van der Waals surface area contributed by atoms with E-state index in [9.17, 15) is 4.79 Å². The molecule has 114 valence electrons. The largest absolute Gasteiger partial charge is 0.493 e. The zero-order chi connectivity index (χ0) is 15.9. The first-order chi connectivity index (χ1) is 10.7. The van der Waals surface area contributed by atoms with Crippen LogP contribution in [0.4, 0.5) is 5.69 Å². The van der Waals surface area contributed by atoms with Gasteiger partial charge >= 0.3 is 5.97 Å². The fourth-order valence-electron chi connectivity index (χ4n) is 1.88. The summed E-state index contributed by atoms with van der Waals surface area (Å²) in [5.41, 5.74) is 2.12. The van der Waals surface area contributed by atoms with Crippen molar-refractivity contribution in [3.63, 3.8) is 0 Å². The molecule has 0 N–H and O–H groups in total. The number of esters is 1. The molecule has 5 heteroatoms. The van der Waals surface area contributed by atoms with E-state index in [2.05, 4.69) is 9.73 Å². The first-order valence-electron chi connectivity index (χ1n) is 6.62. The van der Waals surface area contributed by atoms with Crippen molar-refractivity contribution in [2.45, 2.75) is 0 Å². The van der Waals surface area contributed by atoms with Crippen LogP contribution in [0.25, 0.3) is 0 Å². The summed E-state index contributed by atoms with van der Waals surface area (Å²) in [4.78, 5) is 15.7. The molecule has 0 saturated carbocycles. The minimum atomic E-state index is -0.365. The highest BCUT2D eigenvalue weighted by Crippen LogP contribution is 2.27. The summed E-state index contributed by atoms with van der Waals surface area (Å²) in [5.74, 6) is 0.949. The lowest BCUT2D eigenvalue weighted by Crippen LogP contribution is -1.99. The Morgan fingerprint density at radius 2 is 1.64 bits per heavy atom. The van der Waals surface area contributed by atoms with Crippen LogP contribution in [-0.2, 0) is 4.74 Å². The van der Waals surface area contributed by atoms with Gasteiger partial charge in [0, 0.05) is 6.21 Å². The molecule has 0 aliphatic rings. The number of carbonyl (C=O) groups excluding carboxylic acids is 1. The van der Waals surface area contributed by atoms with Crippen molar-refractivity contribution in [3.8, 4) is 11.5 Å². The quantitative estimate of drug-likeness (QED) is 0.628. The molecule has 22 heavy (non-hydrogen) atoms. The molecule has 0 aliphatic heterocycles. The van der Waals surface area contributed by atoms with E-state index in [1.54, 1.807) is 44.7 Å². The van der Waals surface area contributed by atoms with Crippen molar-refractivity contribution in [2.24, 2.45) is 4.99 Å². The molecule has 2 aromatic carbocycles. The Kier molecular flexibility index (Phi) is 5.14.